The number of halogens is 1. The molecule has 0 unspecified atom stereocenters. The summed E-state index contributed by atoms with van der Waals surface area (Å²) in [6.45, 7) is 4.54. The lowest BCUT2D eigenvalue weighted by Crippen LogP contribution is -2.50. The van der Waals surface area contributed by atoms with E-state index in [0.717, 1.165) is 22.6 Å². The highest BCUT2D eigenvalue weighted by atomic mass is 35.5. The highest BCUT2D eigenvalue weighted by Crippen LogP contribution is 2.26. The predicted molar refractivity (Wildman–Crippen MR) is 135 cm³/mol. The highest BCUT2D eigenvalue weighted by Gasteiger charge is 2.22. The van der Waals surface area contributed by atoms with Crippen molar-refractivity contribution >= 4 is 34.1 Å². The van der Waals surface area contributed by atoms with Gasteiger partial charge in [0.25, 0.3) is 5.91 Å². The Balaban J connectivity index is 1.17. The summed E-state index contributed by atoms with van der Waals surface area (Å²) in [4.78, 5) is 16.6. The molecule has 1 saturated heterocycles. The quantitative estimate of drug-likeness (QED) is 0.409. The second-order valence-electron chi connectivity index (χ2n) is 8.43. The summed E-state index contributed by atoms with van der Waals surface area (Å²) < 4.78 is 5.67. The zero-order valence-corrected chi connectivity index (χ0v) is 19.7. The van der Waals surface area contributed by atoms with Gasteiger partial charge in [-0.15, -0.1) is 10.2 Å². The standard InChI is InChI=1S/C27H25ClN4O2/c1-19-6-9-23(28)25(16-19)34-18-27(33)32-14-12-31(13-15-32)26-11-10-24(29-30-26)22-8-7-20-4-2-3-5-21(20)17-22/h2-11,16-17H,12-15,18H2,1H3. The van der Waals surface area contributed by atoms with Crippen molar-refractivity contribution in [1.82, 2.24) is 15.1 Å². The Kier molecular flexibility index (Phi) is 6.32. The number of rotatable bonds is 5. The van der Waals surface area contributed by atoms with E-state index in [2.05, 4.69) is 45.4 Å². The fourth-order valence-corrected chi connectivity index (χ4v) is 4.31. The molecule has 2 heterocycles. The van der Waals surface area contributed by atoms with Crippen LogP contribution in [0.1, 0.15) is 5.56 Å². The van der Waals surface area contributed by atoms with E-state index in [-0.39, 0.29) is 12.5 Å². The largest absolute Gasteiger partial charge is 0.482 e. The molecule has 5 rings (SSSR count). The van der Waals surface area contributed by atoms with Gasteiger partial charge in [0.15, 0.2) is 12.4 Å². The Bertz CT molecular complexity index is 1320. The molecule has 3 aromatic carbocycles. The summed E-state index contributed by atoms with van der Waals surface area (Å²) in [5.41, 5.74) is 2.92. The molecular formula is C27H25ClN4O2. The molecule has 1 aliphatic rings. The van der Waals surface area contributed by atoms with Gasteiger partial charge in [-0.25, -0.2) is 0 Å². The van der Waals surface area contributed by atoms with Crippen molar-refractivity contribution in [3.8, 4) is 17.0 Å². The van der Waals surface area contributed by atoms with Crippen LogP contribution in [0.2, 0.25) is 5.02 Å². The molecule has 0 aliphatic carbocycles. The molecule has 0 N–H and O–H groups in total. The van der Waals surface area contributed by atoms with Crippen molar-refractivity contribution in [3.63, 3.8) is 0 Å². The normalized spacial score (nSPS) is 13.8. The van der Waals surface area contributed by atoms with E-state index in [1.807, 2.05) is 48.2 Å². The number of nitrogens with zero attached hydrogens (tertiary/aromatic N) is 4. The average Bonchev–Trinajstić information content (AvgIpc) is 2.89. The second-order valence-corrected chi connectivity index (χ2v) is 8.84. The van der Waals surface area contributed by atoms with Gasteiger partial charge in [-0.1, -0.05) is 54.1 Å². The van der Waals surface area contributed by atoms with E-state index in [0.29, 0.717) is 37.0 Å². The maximum Gasteiger partial charge on any atom is 0.260 e. The Morgan fingerprint density at radius 3 is 2.47 bits per heavy atom. The second kappa shape index (κ2) is 9.69. The van der Waals surface area contributed by atoms with Gasteiger partial charge < -0.3 is 14.5 Å². The molecule has 0 radical (unpaired) electrons. The monoisotopic (exact) mass is 472 g/mol. The highest BCUT2D eigenvalue weighted by molar-refractivity contribution is 6.32. The lowest BCUT2D eigenvalue weighted by molar-refractivity contribution is -0.133. The van der Waals surface area contributed by atoms with Crippen LogP contribution < -0.4 is 9.64 Å². The van der Waals surface area contributed by atoms with Gasteiger partial charge in [-0.05, 0) is 53.6 Å². The molecule has 0 bridgehead atoms. The van der Waals surface area contributed by atoms with Gasteiger partial charge in [-0.2, -0.15) is 0 Å². The summed E-state index contributed by atoms with van der Waals surface area (Å²) in [6, 6.07) is 24.1. The molecule has 34 heavy (non-hydrogen) atoms. The molecule has 0 saturated carbocycles. The fourth-order valence-electron chi connectivity index (χ4n) is 4.13. The van der Waals surface area contributed by atoms with Crippen molar-refractivity contribution in [2.24, 2.45) is 0 Å². The van der Waals surface area contributed by atoms with Crippen LogP contribution >= 0.6 is 11.6 Å². The topological polar surface area (TPSA) is 58.6 Å². The Morgan fingerprint density at radius 1 is 0.912 bits per heavy atom. The predicted octanol–water partition coefficient (Wildman–Crippen LogP) is 4.99. The first-order chi connectivity index (χ1) is 16.6. The third kappa shape index (κ3) is 4.82. The summed E-state index contributed by atoms with van der Waals surface area (Å²) in [5.74, 6) is 1.31. The number of hydrogen-bond donors (Lipinski definition) is 0. The van der Waals surface area contributed by atoms with Crippen LogP contribution in [0, 0.1) is 6.92 Å². The van der Waals surface area contributed by atoms with Crippen LogP contribution in [0.25, 0.3) is 22.0 Å². The molecule has 6 nitrogen and oxygen atoms in total. The molecule has 0 spiro atoms. The van der Waals surface area contributed by atoms with Crippen LogP contribution in [0.15, 0.2) is 72.8 Å². The number of carbonyl (C=O) groups is 1. The van der Waals surface area contributed by atoms with E-state index in [4.69, 9.17) is 16.3 Å². The number of amides is 1. The van der Waals surface area contributed by atoms with E-state index < -0.39 is 0 Å². The number of fused-ring (bicyclic) bond motifs is 1. The zero-order chi connectivity index (χ0) is 23.5. The van der Waals surface area contributed by atoms with Gasteiger partial charge in [-0.3, -0.25) is 4.79 Å². The van der Waals surface area contributed by atoms with E-state index >= 15 is 0 Å². The number of aryl methyl sites for hydroxylation is 1. The van der Waals surface area contributed by atoms with Crippen molar-refractivity contribution in [1.29, 1.82) is 0 Å². The molecule has 4 aromatic rings. The van der Waals surface area contributed by atoms with Crippen molar-refractivity contribution in [3.05, 3.63) is 83.4 Å². The third-order valence-corrected chi connectivity index (χ3v) is 6.40. The van der Waals surface area contributed by atoms with Gasteiger partial charge in [0, 0.05) is 31.7 Å². The number of ether oxygens (including phenoxy) is 1. The molecule has 1 amide bonds. The fraction of sp³-hybridized carbons (Fsp3) is 0.222. The SMILES string of the molecule is Cc1ccc(Cl)c(OCC(=O)N2CCN(c3ccc(-c4ccc5ccccc5c4)nn3)CC2)c1. The smallest absolute Gasteiger partial charge is 0.260 e. The van der Waals surface area contributed by atoms with Gasteiger partial charge in [0.05, 0.1) is 10.7 Å². The minimum Gasteiger partial charge on any atom is -0.482 e. The van der Waals surface area contributed by atoms with Crippen molar-refractivity contribution < 1.29 is 9.53 Å². The number of anilines is 1. The number of hydrogen-bond acceptors (Lipinski definition) is 5. The number of carbonyl (C=O) groups excluding carboxylic acids is 1. The van der Waals surface area contributed by atoms with Crippen molar-refractivity contribution in [2.75, 3.05) is 37.7 Å². The Hall–Kier alpha value is -3.64. The lowest BCUT2D eigenvalue weighted by atomic mass is 10.1. The summed E-state index contributed by atoms with van der Waals surface area (Å²) in [7, 11) is 0. The molecule has 1 fully saturated rings. The van der Waals surface area contributed by atoms with E-state index in [1.54, 1.807) is 6.07 Å². The van der Waals surface area contributed by atoms with Crippen LogP contribution in [-0.4, -0.2) is 53.8 Å². The third-order valence-electron chi connectivity index (χ3n) is 6.09. The van der Waals surface area contributed by atoms with Crippen LogP contribution in [-0.2, 0) is 4.79 Å². The zero-order valence-electron chi connectivity index (χ0n) is 18.9. The maximum atomic E-state index is 12.6. The first-order valence-electron chi connectivity index (χ1n) is 11.3. The molecule has 7 heteroatoms. The van der Waals surface area contributed by atoms with Gasteiger partial charge in [0.2, 0.25) is 0 Å². The lowest BCUT2D eigenvalue weighted by Gasteiger charge is -2.35. The Labute approximate surface area is 203 Å². The van der Waals surface area contributed by atoms with Gasteiger partial charge in [0.1, 0.15) is 5.75 Å². The number of benzene rings is 3. The molecular weight excluding hydrogens is 448 g/mol. The molecule has 1 aromatic heterocycles. The maximum absolute atomic E-state index is 12.6. The number of aromatic nitrogens is 2. The Morgan fingerprint density at radius 2 is 1.71 bits per heavy atom. The van der Waals surface area contributed by atoms with Crippen LogP contribution in [0.4, 0.5) is 5.82 Å². The molecule has 1 aliphatic heterocycles. The molecule has 0 atom stereocenters. The summed E-state index contributed by atoms with van der Waals surface area (Å²) in [5, 5.41) is 11.8. The van der Waals surface area contributed by atoms with Crippen LogP contribution in [0.3, 0.4) is 0 Å². The summed E-state index contributed by atoms with van der Waals surface area (Å²) >= 11 is 6.16. The average molecular weight is 473 g/mol. The number of piperazine rings is 1. The minimum atomic E-state index is -0.0463. The first kappa shape index (κ1) is 22.2. The summed E-state index contributed by atoms with van der Waals surface area (Å²) in [6.07, 6.45) is 0. The first-order valence-corrected chi connectivity index (χ1v) is 11.7. The van der Waals surface area contributed by atoms with E-state index in [1.165, 1.54) is 10.8 Å². The minimum absolute atomic E-state index is 0.0244. The van der Waals surface area contributed by atoms with Gasteiger partial charge >= 0.3 is 0 Å². The van der Waals surface area contributed by atoms with Crippen molar-refractivity contribution in [2.45, 2.75) is 6.92 Å². The molecule has 172 valence electrons. The van der Waals surface area contributed by atoms with E-state index in [9.17, 15) is 4.79 Å². The van der Waals surface area contributed by atoms with Crippen LogP contribution in [0.5, 0.6) is 5.75 Å².